The summed E-state index contributed by atoms with van der Waals surface area (Å²) in [6.45, 7) is 2.21. The van der Waals surface area contributed by atoms with Gasteiger partial charge in [0.05, 0.1) is 0 Å². The summed E-state index contributed by atoms with van der Waals surface area (Å²) in [5, 5.41) is 3.44. The van der Waals surface area contributed by atoms with Crippen LogP contribution < -0.4 is 10.1 Å². The smallest absolute Gasteiger partial charge is 0.128 e. The number of hydrogen-bond donors (Lipinski definition) is 1. The number of benzene rings is 2. The Morgan fingerprint density at radius 1 is 0.850 bits per heavy atom. The average molecular weight is 265 g/mol. The van der Waals surface area contributed by atoms with Crippen molar-refractivity contribution in [3.8, 4) is 16.9 Å². The van der Waals surface area contributed by atoms with Gasteiger partial charge in [-0.1, -0.05) is 42.5 Å². The monoisotopic (exact) mass is 265 g/mol. The van der Waals surface area contributed by atoms with Crippen LogP contribution in [0, 0.1) is 5.92 Å². The van der Waals surface area contributed by atoms with Gasteiger partial charge in [-0.15, -0.1) is 0 Å². The van der Waals surface area contributed by atoms with Crippen molar-refractivity contribution >= 4 is 0 Å². The van der Waals surface area contributed by atoms with Gasteiger partial charge < -0.3 is 10.1 Å². The van der Waals surface area contributed by atoms with Gasteiger partial charge in [-0.3, -0.25) is 0 Å². The fourth-order valence-electron chi connectivity index (χ4n) is 3.48. The number of hydrogen-bond acceptors (Lipinski definition) is 2. The van der Waals surface area contributed by atoms with E-state index in [-0.39, 0.29) is 6.10 Å². The van der Waals surface area contributed by atoms with Gasteiger partial charge in [-0.2, -0.15) is 0 Å². The van der Waals surface area contributed by atoms with E-state index in [0.717, 1.165) is 18.8 Å². The highest BCUT2D eigenvalue weighted by atomic mass is 16.5. The summed E-state index contributed by atoms with van der Waals surface area (Å²) in [6.07, 6.45) is 2.60. The summed E-state index contributed by atoms with van der Waals surface area (Å²) in [7, 11) is 0. The first-order chi connectivity index (χ1) is 9.93. The van der Waals surface area contributed by atoms with E-state index in [1.165, 1.54) is 29.5 Å². The molecule has 2 aromatic carbocycles. The fourth-order valence-corrected chi connectivity index (χ4v) is 3.48. The van der Waals surface area contributed by atoms with E-state index in [2.05, 4.69) is 53.8 Å². The highest BCUT2D eigenvalue weighted by molar-refractivity contribution is 5.75. The maximum Gasteiger partial charge on any atom is 0.128 e. The standard InChI is InChI=1S/C18H19NO/c1-2-7-16-14(5-1)15-6-3-4-8-17(15)20-18(16)13-9-11-19-12-10-13/h1-8,13,18-19H,9-12H2. The molecule has 2 aliphatic rings. The van der Waals surface area contributed by atoms with E-state index in [4.69, 9.17) is 4.74 Å². The lowest BCUT2D eigenvalue weighted by atomic mass is 9.83. The van der Waals surface area contributed by atoms with Crippen molar-refractivity contribution in [1.82, 2.24) is 5.32 Å². The van der Waals surface area contributed by atoms with Crippen molar-refractivity contribution in [2.75, 3.05) is 13.1 Å². The molecule has 4 rings (SSSR count). The van der Waals surface area contributed by atoms with Crippen molar-refractivity contribution in [1.29, 1.82) is 0 Å². The molecule has 0 saturated carbocycles. The minimum absolute atomic E-state index is 0.211. The maximum absolute atomic E-state index is 6.37. The van der Waals surface area contributed by atoms with Crippen LogP contribution in [0.5, 0.6) is 5.75 Å². The van der Waals surface area contributed by atoms with Gasteiger partial charge >= 0.3 is 0 Å². The topological polar surface area (TPSA) is 21.3 Å². The first-order valence-corrected chi connectivity index (χ1v) is 7.49. The second kappa shape index (κ2) is 4.95. The van der Waals surface area contributed by atoms with Gasteiger partial charge in [0, 0.05) is 17.0 Å². The van der Waals surface area contributed by atoms with Gasteiger partial charge in [-0.05, 0) is 37.6 Å². The molecule has 1 N–H and O–H groups in total. The number of nitrogens with one attached hydrogen (secondary N) is 1. The Labute approximate surface area is 119 Å². The third-order valence-electron chi connectivity index (χ3n) is 4.51. The molecule has 0 aromatic heterocycles. The van der Waals surface area contributed by atoms with Gasteiger partial charge in [0.2, 0.25) is 0 Å². The van der Waals surface area contributed by atoms with E-state index in [0.29, 0.717) is 5.92 Å². The molecule has 0 radical (unpaired) electrons. The van der Waals surface area contributed by atoms with Gasteiger partial charge in [-0.25, -0.2) is 0 Å². The van der Waals surface area contributed by atoms with Crippen LogP contribution in [0.15, 0.2) is 48.5 Å². The summed E-state index contributed by atoms with van der Waals surface area (Å²) >= 11 is 0. The molecule has 0 spiro atoms. The molecule has 2 nitrogen and oxygen atoms in total. The van der Waals surface area contributed by atoms with E-state index >= 15 is 0 Å². The largest absolute Gasteiger partial charge is 0.485 e. The van der Waals surface area contributed by atoms with Crippen LogP contribution in [-0.2, 0) is 0 Å². The Kier molecular flexibility index (Phi) is 2.96. The molecule has 2 aliphatic heterocycles. The fraction of sp³-hybridized carbons (Fsp3) is 0.333. The lowest BCUT2D eigenvalue weighted by molar-refractivity contribution is 0.110. The van der Waals surface area contributed by atoms with Crippen LogP contribution in [-0.4, -0.2) is 13.1 Å². The summed E-state index contributed by atoms with van der Waals surface area (Å²) in [5.41, 5.74) is 3.93. The van der Waals surface area contributed by atoms with Gasteiger partial charge in [0.1, 0.15) is 11.9 Å². The molecular weight excluding hydrogens is 246 g/mol. The summed E-state index contributed by atoms with van der Waals surface area (Å²) in [5.74, 6) is 1.65. The number of fused-ring (bicyclic) bond motifs is 3. The average Bonchev–Trinajstić information content (AvgIpc) is 2.55. The molecular formula is C18H19NO. The molecule has 20 heavy (non-hydrogen) atoms. The zero-order chi connectivity index (χ0) is 13.4. The molecule has 0 amide bonds. The quantitative estimate of drug-likeness (QED) is 0.847. The molecule has 2 heterocycles. The summed E-state index contributed by atoms with van der Waals surface area (Å²) in [4.78, 5) is 0. The number of para-hydroxylation sites is 1. The maximum atomic E-state index is 6.37. The highest BCUT2D eigenvalue weighted by Crippen LogP contribution is 2.46. The zero-order valence-corrected chi connectivity index (χ0v) is 11.5. The van der Waals surface area contributed by atoms with Gasteiger partial charge in [0.25, 0.3) is 0 Å². The van der Waals surface area contributed by atoms with E-state index < -0.39 is 0 Å². The Balaban J connectivity index is 1.80. The lowest BCUT2D eigenvalue weighted by Crippen LogP contribution is -2.33. The van der Waals surface area contributed by atoms with Crippen LogP contribution in [0.25, 0.3) is 11.1 Å². The number of ether oxygens (including phenoxy) is 1. The molecule has 1 atom stereocenters. The second-order valence-corrected chi connectivity index (χ2v) is 5.71. The molecule has 2 aromatic rings. The van der Waals surface area contributed by atoms with Crippen molar-refractivity contribution in [3.05, 3.63) is 54.1 Å². The van der Waals surface area contributed by atoms with E-state index in [1.807, 2.05) is 0 Å². The van der Waals surface area contributed by atoms with Crippen molar-refractivity contribution in [2.24, 2.45) is 5.92 Å². The molecule has 102 valence electrons. The Morgan fingerprint density at radius 2 is 1.55 bits per heavy atom. The highest BCUT2D eigenvalue weighted by Gasteiger charge is 2.32. The van der Waals surface area contributed by atoms with Crippen LogP contribution in [0.2, 0.25) is 0 Å². The number of rotatable bonds is 1. The third kappa shape index (κ3) is 1.92. The number of piperidine rings is 1. The Morgan fingerprint density at radius 3 is 2.40 bits per heavy atom. The van der Waals surface area contributed by atoms with E-state index in [9.17, 15) is 0 Å². The van der Waals surface area contributed by atoms with Crippen LogP contribution in [0.4, 0.5) is 0 Å². The van der Waals surface area contributed by atoms with Crippen LogP contribution >= 0.6 is 0 Å². The molecule has 2 heteroatoms. The molecule has 1 unspecified atom stereocenters. The normalized spacial score (nSPS) is 21.7. The Hall–Kier alpha value is -1.80. The van der Waals surface area contributed by atoms with Crippen molar-refractivity contribution < 1.29 is 4.74 Å². The third-order valence-corrected chi connectivity index (χ3v) is 4.51. The van der Waals surface area contributed by atoms with E-state index in [1.54, 1.807) is 0 Å². The predicted octanol–water partition coefficient (Wildman–Crippen LogP) is 3.79. The van der Waals surface area contributed by atoms with Crippen LogP contribution in [0.3, 0.4) is 0 Å². The SMILES string of the molecule is c1ccc2c(c1)OC(C1CCNCC1)c1ccccc1-2. The van der Waals surface area contributed by atoms with Crippen LogP contribution in [0.1, 0.15) is 24.5 Å². The summed E-state index contributed by atoms with van der Waals surface area (Å²) < 4.78 is 6.37. The Bertz CT molecular complexity index is 616. The molecule has 1 saturated heterocycles. The van der Waals surface area contributed by atoms with Gasteiger partial charge in [0.15, 0.2) is 0 Å². The molecule has 0 bridgehead atoms. The minimum Gasteiger partial charge on any atom is -0.485 e. The first-order valence-electron chi connectivity index (χ1n) is 7.49. The minimum atomic E-state index is 0.211. The predicted molar refractivity (Wildman–Crippen MR) is 80.8 cm³/mol. The zero-order valence-electron chi connectivity index (χ0n) is 11.5. The summed E-state index contributed by atoms with van der Waals surface area (Å²) in [6, 6.07) is 17.1. The van der Waals surface area contributed by atoms with Crippen molar-refractivity contribution in [3.63, 3.8) is 0 Å². The van der Waals surface area contributed by atoms with Crippen molar-refractivity contribution in [2.45, 2.75) is 18.9 Å². The second-order valence-electron chi connectivity index (χ2n) is 5.71. The lowest BCUT2D eigenvalue weighted by Gasteiger charge is -2.36. The molecule has 0 aliphatic carbocycles. The first kappa shape index (κ1) is 12.0. The molecule has 1 fully saturated rings.